The van der Waals surface area contributed by atoms with E-state index in [1.807, 2.05) is 31.2 Å². The van der Waals surface area contributed by atoms with Crippen LogP contribution in [-0.2, 0) is 10.0 Å². The Kier molecular flexibility index (Phi) is 4.38. The first-order valence-corrected chi connectivity index (χ1v) is 9.16. The van der Waals surface area contributed by atoms with Gasteiger partial charge in [-0.05, 0) is 37.5 Å². The molecule has 0 saturated carbocycles. The van der Waals surface area contributed by atoms with Crippen molar-refractivity contribution in [2.75, 3.05) is 6.54 Å². The first-order chi connectivity index (χ1) is 11.4. The van der Waals surface area contributed by atoms with E-state index in [2.05, 4.69) is 0 Å². The Morgan fingerprint density at radius 1 is 1.08 bits per heavy atom. The van der Waals surface area contributed by atoms with Crippen molar-refractivity contribution in [1.82, 2.24) is 4.31 Å². The van der Waals surface area contributed by atoms with Gasteiger partial charge in [0.2, 0.25) is 10.0 Å². The monoisotopic (exact) mass is 346 g/mol. The standard InChI is InChI=1S/C17H18N2O4S/c1-13-4-6-14(7-5-13)17-3-2-12-18(17)24(22,23)16-10-8-15(9-11-16)19(20)21/h4-11,17H,2-3,12H2,1H3/t17-/m0/s1. The highest BCUT2D eigenvalue weighted by Crippen LogP contribution is 2.36. The van der Waals surface area contributed by atoms with Gasteiger partial charge in [0.05, 0.1) is 15.9 Å². The molecule has 0 unspecified atom stereocenters. The number of rotatable bonds is 4. The fourth-order valence-electron chi connectivity index (χ4n) is 3.02. The second-order valence-corrected chi connectivity index (χ2v) is 7.83. The van der Waals surface area contributed by atoms with Crippen molar-refractivity contribution in [3.05, 3.63) is 69.8 Å². The Morgan fingerprint density at radius 3 is 2.29 bits per heavy atom. The van der Waals surface area contributed by atoms with E-state index in [-0.39, 0.29) is 16.6 Å². The van der Waals surface area contributed by atoms with E-state index in [1.165, 1.54) is 28.6 Å². The molecule has 1 atom stereocenters. The molecule has 1 fully saturated rings. The van der Waals surface area contributed by atoms with Gasteiger partial charge in [-0.25, -0.2) is 8.42 Å². The highest BCUT2D eigenvalue weighted by molar-refractivity contribution is 7.89. The average Bonchev–Trinajstić information content (AvgIpc) is 3.06. The van der Waals surface area contributed by atoms with Crippen LogP contribution in [0.5, 0.6) is 0 Å². The van der Waals surface area contributed by atoms with Crippen LogP contribution >= 0.6 is 0 Å². The van der Waals surface area contributed by atoms with Crippen molar-refractivity contribution in [1.29, 1.82) is 0 Å². The molecule has 0 aliphatic carbocycles. The second-order valence-electron chi connectivity index (χ2n) is 5.94. The van der Waals surface area contributed by atoms with E-state index in [9.17, 15) is 18.5 Å². The number of hydrogen-bond donors (Lipinski definition) is 0. The molecule has 2 aromatic carbocycles. The fraction of sp³-hybridized carbons (Fsp3) is 0.294. The topological polar surface area (TPSA) is 80.5 Å². The largest absolute Gasteiger partial charge is 0.269 e. The van der Waals surface area contributed by atoms with Gasteiger partial charge in [0, 0.05) is 18.7 Å². The lowest BCUT2D eigenvalue weighted by atomic mass is 10.0. The maximum absolute atomic E-state index is 12.9. The zero-order valence-corrected chi connectivity index (χ0v) is 14.1. The molecule has 0 aromatic heterocycles. The van der Waals surface area contributed by atoms with Crippen LogP contribution in [0.2, 0.25) is 0 Å². The molecule has 6 nitrogen and oxygen atoms in total. The van der Waals surface area contributed by atoms with Crippen LogP contribution in [0, 0.1) is 17.0 Å². The van der Waals surface area contributed by atoms with Crippen LogP contribution in [0.15, 0.2) is 53.4 Å². The van der Waals surface area contributed by atoms with Gasteiger partial charge in [0.15, 0.2) is 0 Å². The maximum Gasteiger partial charge on any atom is 0.269 e. The van der Waals surface area contributed by atoms with Crippen molar-refractivity contribution in [3.63, 3.8) is 0 Å². The number of nitro benzene ring substituents is 1. The maximum atomic E-state index is 12.9. The highest BCUT2D eigenvalue weighted by atomic mass is 32.2. The quantitative estimate of drug-likeness (QED) is 0.627. The summed E-state index contributed by atoms with van der Waals surface area (Å²) in [5.74, 6) is 0. The Labute approximate surface area is 140 Å². The predicted molar refractivity (Wildman–Crippen MR) is 90.1 cm³/mol. The fourth-order valence-corrected chi connectivity index (χ4v) is 4.71. The summed E-state index contributed by atoms with van der Waals surface area (Å²) in [6.45, 7) is 2.45. The lowest BCUT2D eigenvalue weighted by Gasteiger charge is -2.24. The van der Waals surface area contributed by atoms with Crippen molar-refractivity contribution < 1.29 is 13.3 Å². The minimum absolute atomic E-state index is 0.0899. The second kappa shape index (κ2) is 6.33. The molecular weight excluding hydrogens is 328 g/mol. The third-order valence-electron chi connectivity index (χ3n) is 4.32. The molecule has 1 aliphatic heterocycles. The first kappa shape index (κ1) is 16.6. The molecule has 0 radical (unpaired) electrons. The molecule has 24 heavy (non-hydrogen) atoms. The summed E-state index contributed by atoms with van der Waals surface area (Å²) in [6.07, 6.45) is 1.57. The lowest BCUT2D eigenvalue weighted by molar-refractivity contribution is -0.384. The third-order valence-corrected chi connectivity index (χ3v) is 6.24. The SMILES string of the molecule is Cc1ccc([C@@H]2CCCN2S(=O)(=O)c2ccc([N+](=O)[O-])cc2)cc1. The van der Waals surface area contributed by atoms with Gasteiger partial charge in [0.1, 0.15) is 0 Å². The molecule has 126 valence electrons. The molecule has 0 bridgehead atoms. The Bertz CT molecular complexity index is 845. The van der Waals surface area contributed by atoms with E-state index in [0.29, 0.717) is 6.54 Å². The van der Waals surface area contributed by atoms with Crippen molar-refractivity contribution in [2.45, 2.75) is 30.7 Å². The summed E-state index contributed by atoms with van der Waals surface area (Å²) >= 11 is 0. The Hall–Kier alpha value is -2.25. The smallest absolute Gasteiger partial charge is 0.258 e. The zero-order chi connectivity index (χ0) is 17.3. The van der Waals surface area contributed by atoms with E-state index in [0.717, 1.165) is 24.0 Å². The third kappa shape index (κ3) is 3.05. The Balaban J connectivity index is 1.93. The summed E-state index contributed by atoms with van der Waals surface area (Å²) < 4.78 is 27.3. The molecule has 1 saturated heterocycles. The van der Waals surface area contributed by atoms with Gasteiger partial charge < -0.3 is 0 Å². The van der Waals surface area contributed by atoms with E-state index in [4.69, 9.17) is 0 Å². The number of sulfonamides is 1. The molecular formula is C17H18N2O4S. The van der Waals surface area contributed by atoms with Crippen LogP contribution in [0.4, 0.5) is 5.69 Å². The summed E-state index contributed by atoms with van der Waals surface area (Å²) in [6, 6.07) is 12.7. The van der Waals surface area contributed by atoms with Crippen molar-refractivity contribution in [2.24, 2.45) is 0 Å². The van der Waals surface area contributed by atoms with E-state index in [1.54, 1.807) is 0 Å². The minimum atomic E-state index is -3.68. The van der Waals surface area contributed by atoms with Crippen LogP contribution in [0.3, 0.4) is 0 Å². The number of nitrogens with zero attached hydrogens (tertiary/aromatic N) is 2. The lowest BCUT2D eigenvalue weighted by Crippen LogP contribution is -2.30. The molecule has 0 spiro atoms. The molecule has 1 heterocycles. The Morgan fingerprint density at radius 2 is 1.71 bits per heavy atom. The summed E-state index contributed by atoms with van der Waals surface area (Å²) in [5.41, 5.74) is 1.98. The molecule has 3 rings (SSSR count). The molecule has 0 N–H and O–H groups in total. The number of nitro groups is 1. The summed E-state index contributed by atoms with van der Waals surface area (Å²) in [7, 11) is -3.68. The van der Waals surface area contributed by atoms with Crippen LogP contribution in [0.1, 0.15) is 30.0 Å². The summed E-state index contributed by atoms with van der Waals surface area (Å²) in [4.78, 5) is 10.3. The van der Waals surface area contributed by atoms with E-state index < -0.39 is 14.9 Å². The number of hydrogen-bond acceptors (Lipinski definition) is 4. The number of non-ortho nitro benzene ring substituents is 1. The van der Waals surface area contributed by atoms with Gasteiger partial charge in [-0.2, -0.15) is 4.31 Å². The molecule has 1 aliphatic rings. The van der Waals surface area contributed by atoms with Crippen molar-refractivity contribution in [3.8, 4) is 0 Å². The van der Waals surface area contributed by atoms with Gasteiger partial charge in [-0.15, -0.1) is 0 Å². The van der Waals surface area contributed by atoms with E-state index >= 15 is 0 Å². The molecule has 0 amide bonds. The molecule has 2 aromatic rings. The predicted octanol–water partition coefficient (Wildman–Crippen LogP) is 3.43. The number of aryl methyl sites for hydroxylation is 1. The van der Waals surface area contributed by atoms with Gasteiger partial charge in [-0.3, -0.25) is 10.1 Å². The van der Waals surface area contributed by atoms with Gasteiger partial charge >= 0.3 is 0 Å². The zero-order valence-electron chi connectivity index (χ0n) is 13.3. The van der Waals surface area contributed by atoms with Crippen molar-refractivity contribution >= 4 is 15.7 Å². The highest BCUT2D eigenvalue weighted by Gasteiger charge is 2.36. The van der Waals surface area contributed by atoms with Gasteiger partial charge in [-0.1, -0.05) is 29.8 Å². The number of benzene rings is 2. The first-order valence-electron chi connectivity index (χ1n) is 7.72. The summed E-state index contributed by atoms with van der Waals surface area (Å²) in [5, 5.41) is 10.7. The normalized spacial score (nSPS) is 18.6. The molecule has 7 heteroatoms. The van der Waals surface area contributed by atoms with Crippen LogP contribution in [-0.4, -0.2) is 24.2 Å². The van der Waals surface area contributed by atoms with Crippen LogP contribution < -0.4 is 0 Å². The van der Waals surface area contributed by atoms with Crippen LogP contribution in [0.25, 0.3) is 0 Å². The average molecular weight is 346 g/mol. The van der Waals surface area contributed by atoms with Gasteiger partial charge in [0.25, 0.3) is 5.69 Å². The minimum Gasteiger partial charge on any atom is -0.258 e.